The highest BCUT2D eigenvalue weighted by atomic mass is 35.5. The minimum Gasteiger partial charge on any atom is -0.352 e. The molecule has 0 saturated heterocycles. The molecule has 0 aliphatic carbocycles. The molecular formula is C22H29ClN2O3S. The largest absolute Gasteiger partial charge is 0.352 e. The quantitative estimate of drug-likeness (QED) is 0.636. The molecule has 1 amide bonds. The summed E-state index contributed by atoms with van der Waals surface area (Å²) in [5.41, 5.74) is 2.44. The van der Waals surface area contributed by atoms with Crippen LogP contribution in [0.25, 0.3) is 0 Å². The van der Waals surface area contributed by atoms with Crippen LogP contribution in [-0.4, -0.2) is 32.7 Å². The fourth-order valence-corrected chi connectivity index (χ4v) is 4.60. The number of carbonyl (C=O) groups excluding carboxylic acids is 1. The van der Waals surface area contributed by atoms with Crippen molar-refractivity contribution in [2.75, 3.05) is 10.6 Å². The number of nitrogens with zero attached hydrogens (tertiary/aromatic N) is 1. The summed E-state index contributed by atoms with van der Waals surface area (Å²) < 4.78 is 26.2. The molecule has 158 valence electrons. The van der Waals surface area contributed by atoms with E-state index in [9.17, 15) is 13.2 Å². The third-order valence-corrected chi connectivity index (χ3v) is 6.42. The fourth-order valence-electron chi connectivity index (χ4n) is 3.22. The highest BCUT2D eigenvalue weighted by Crippen LogP contribution is 2.27. The molecule has 1 N–H and O–H groups in total. The van der Waals surface area contributed by atoms with Crippen molar-refractivity contribution in [3.8, 4) is 0 Å². The van der Waals surface area contributed by atoms with E-state index in [4.69, 9.17) is 11.6 Å². The van der Waals surface area contributed by atoms with Gasteiger partial charge in [0.1, 0.15) is 6.04 Å². The van der Waals surface area contributed by atoms with Crippen molar-refractivity contribution in [2.45, 2.75) is 52.1 Å². The number of benzene rings is 2. The van der Waals surface area contributed by atoms with Crippen molar-refractivity contribution in [1.29, 1.82) is 0 Å². The molecule has 0 unspecified atom stereocenters. The van der Waals surface area contributed by atoms with E-state index in [-0.39, 0.29) is 11.9 Å². The third kappa shape index (κ3) is 6.47. The van der Waals surface area contributed by atoms with E-state index >= 15 is 0 Å². The van der Waals surface area contributed by atoms with E-state index in [0.29, 0.717) is 17.1 Å². The molecule has 0 aliphatic rings. The van der Waals surface area contributed by atoms with Crippen molar-refractivity contribution >= 4 is 33.2 Å². The second-order valence-electron chi connectivity index (χ2n) is 7.35. The highest BCUT2D eigenvalue weighted by molar-refractivity contribution is 7.92. The first-order valence-electron chi connectivity index (χ1n) is 9.73. The molecule has 5 nitrogen and oxygen atoms in total. The molecule has 2 rings (SSSR count). The van der Waals surface area contributed by atoms with E-state index in [1.165, 1.54) is 5.56 Å². The molecule has 0 aliphatic heterocycles. The predicted octanol–water partition coefficient (Wildman–Crippen LogP) is 4.33. The number of aryl methyl sites for hydroxylation is 2. The molecule has 0 radical (unpaired) electrons. The lowest BCUT2D eigenvalue weighted by molar-refractivity contribution is -0.122. The normalized spacial score (nSPS) is 13.6. The fraction of sp³-hybridized carbons (Fsp3) is 0.409. The number of carbonyl (C=O) groups is 1. The number of hydrogen-bond acceptors (Lipinski definition) is 3. The van der Waals surface area contributed by atoms with Crippen LogP contribution >= 0.6 is 11.6 Å². The van der Waals surface area contributed by atoms with Crippen LogP contribution in [-0.2, 0) is 21.2 Å². The van der Waals surface area contributed by atoms with Gasteiger partial charge in [0, 0.05) is 11.1 Å². The molecule has 0 heterocycles. The summed E-state index contributed by atoms with van der Waals surface area (Å²) in [5.74, 6) is -0.310. The van der Waals surface area contributed by atoms with Gasteiger partial charge in [-0.2, -0.15) is 0 Å². The zero-order chi connectivity index (χ0) is 21.6. The van der Waals surface area contributed by atoms with Crippen molar-refractivity contribution < 1.29 is 13.2 Å². The Bertz CT molecular complexity index is 932. The van der Waals surface area contributed by atoms with Crippen LogP contribution in [0.4, 0.5) is 5.69 Å². The SMILES string of the molecule is CC[C@H](C(=O)N[C@H](C)CCc1ccccc1)N(c1ccc(C)c(Cl)c1)S(C)(=O)=O. The molecule has 2 atom stereocenters. The van der Waals surface area contributed by atoms with Crippen molar-refractivity contribution in [3.63, 3.8) is 0 Å². The standard InChI is InChI=1S/C22H29ClN2O3S/c1-5-21(22(26)24-17(3)12-13-18-9-7-6-8-10-18)25(29(4,27)28)19-14-11-16(2)20(23)15-19/h6-11,14-15,17,21H,5,12-13H2,1-4H3,(H,24,26)/t17-,21-/m1/s1. The summed E-state index contributed by atoms with van der Waals surface area (Å²) in [6.45, 7) is 5.57. The topological polar surface area (TPSA) is 66.5 Å². The zero-order valence-corrected chi connectivity index (χ0v) is 18.9. The highest BCUT2D eigenvalue weighted by Gasteiger charge is 2.32. The van der Waals surface area contributed by atoms with Gasteiger partial charge in [0.15, 0.2) is 0 Å². The van der Waals surface area contributed by atoms with Gasteiger partial charge in [0.25, 0.3) is 0 Å². The van der Waals surface area contributed by atoms with Gasteiger partial charge in [-0.15, -0.1) is 0 Å². The second kappa shape index (κ2) is 10.1. The van der Waals surface area contributed by atoms with Gasteiger partial charge in [-0.1, -0.05) is 54.9 Å². The maximum atomic E-state index is 13.0. The molecule has 0 spiro atoms. The van der Waals surface area contributed by atoms with Gasteiger partial charge < -0.3 is 5.32 Å². The van der Waals surface area contributed by atoms with Crippen molar-refractivity contribution in [3.05, 3.63) is 64.7 Å². The maximum absolute atomic E-state index is 13.0. The summed E-state index contributed by atoms with van der Waals surface area (Å²) in [5, 5.41) is 3.43. The summed E-state index contributed by atoms with van der Waals surface area (Å²) in [6, 6.07) is 14.1. The monoisotopic (exact) mass is 436 g/mol. The summed E-state index contributed by atoms with van der Waals surface area (Å²) >= 11 is 6.20. The van der Waals surface area contributed by atoms with E-state index < -0.39 is 16.1 Å². The first-order chi connectivity index (χ1) is 13.6. The number of anilines is 1. The number of hydrogen-bond donors (Lipinski definition) is 1. The molecule has 0 bridgehead atoms. The van der Waals surface area contributed by atoms with Gasteiger partial charge in [-0.05, 0) is 56.4 Å². The summed E-state index contributed by atoms with van der Waals surface area (Å²) in [6.07, 6.45) is 3.05. The molecule has 7 heteroatoms. The van der Waals surface area contributed by atoms with E-state index in [0.717, 1.165) is 29.0 Å². The Kier molecular flexibility index (Phi) is 8.11. The van der Waals surface area contributed by atoms with E-state index in [1.807, 2.05) is 32.0 Å². The second-order valence-corrected chi connectivity index (χ2v) is 9.62. The Morgan fingerprint density at radius 1 is 1.17 bits per heavy atom. The Labute approximate surface area is 179 Å². The van der Waals surface area contributed by atoms with Crippen LogP contribution in [0.1, 0.15) is 37.8 Å². The van der Waals surface area contributed by atoms with Crippen LogP contribution in [0, 0.1) is 6.92 Å². The van der Waals surface area contributed by atoms with Gasteiger partial charge in [-0.3, -0.25) is 9.10 Å². The number of sulfonamides is 1. The number of halogens is 1. The van der Waals surface area contributed by atoms with Gasteiger partial charge in [0.2, 0.25) is 15.9 Å². The third-order valence-electron chi connectivity index (χ3n) is 4.84. The average Bonchev–Trinajstić information content (AvgIpc) is 2.66. The minimum atomic E-state index is -3.68. The lowest BCUT2D eigenvalue weighted by Crippen LogP contribution is -2.51. The van der Waals surface area contributed by atoms with Gasteiger partial charge >= 0.3 is 0 Å². The summed E-state index contributed by atoms with van der Waals surface area (Å²) in [7, 11) is -3.68. The zero-order valence-electron chi connectivity index (χ0n) is 17.4. The molecule has 0 fully saturated rings. The number of amides is 1. The van der Waals surface area contributed by atoms with Crippen LogP contribution in [0.2, 0.25) is 5.02 Å². The smallest absolute Gasteiger partial charge is 0.244 e. The van der Waals surface area contributed by atoms with Crippen molar-refractivity contribution in [1.82, 2.24) is 5.32 Å². The van der Waals surface area contributed by atoms with Crippen LogP contribution in [0.15, 0.2) is 48.5 Å². The molecular weight excluding hydrogens is 408 g/mol. The Morgan fingerprint density at radius 2 is 1.83 bits per heavy atom. The predicted molar refractivity (Wildman–Crippen MR) is 120 cm³/mol. The first kappa shape index (κ1) is 23.2. The van der Waals surface area contributed by atoms with E-state index in [2.05, 4.69) is 17.4 Å². The maximum Gasteiger partial charge on any atom is 0.244 e. The minimum absolute atomic E-state index is 0.0835. The molecule has 29 heavy (non-hydrogen) atoms. The average molecular weight is 437 g/mol. The van der Waals surface area contributed by atoms with Gasteiger partial charge in [0.05, 0.1) is 11.9 Å². The van der Waals surface area contributed by atoms with Crippen LogP contribution in [0.5, 0.6) is 0 Å². The number of nitrogens with one attached hydrogen (secondary N) is 1. The number of rotatable bonds is 9. The van der Waals surface area contributed by atoms with Crippen LogP contribution in [0.3, 0.4) is 0 Å². The molecule has 0 saturated carbocycles. The van der Waals surface area contributed by atoms with Crippen LogP contribution < -0.4 is 9.62 Å². The lowest BCUT2D eigenvalue weighted by Gasteiger charge is -2.31. The lowest BCUT2D eigenvalue weighted by atomic mass is 10.1. The van der Waals surface area contributed by atoms with Crippen molar-refractivity contribution in [2.24, 2.45) is 0 Å². The first-order valence-corrected chi connectivity index (χ1v) is 12.0. The molecule has 2 aromatic carbocycles. The Hall–Kier alpha value is -2.05. The molecule has 2 aromatic rings. The molecule has 0 aromatic heterocycles. The Morgan fingerprint density at radius 3 is 2.38 bits per heavy atom. The van der Waals surface area contributed by atoms with E-state index in [1.54, 1.807) is 25.1 Å². The summed E-state index contributed by atoms with van der Waals surface area (Å²) in [4.78, 5) is 13.0. The Balaban J connectivity index is 2.16. The van der Waals surface area contributed by atoms with Gasteiger partial charge in [-0.25, -0.2) is 8.42 Å².